The van der Waals surface area contributed by atoms with Crippen molar-refractivity contribution in [3.05, 3.63) is 54.1 Å². The van der Waals surface area contributed by atoms with Gasteiger partial charge in [-0.15, -0.1) is 0 Å². The summed E-state index contributed by atoms with van der Waals surface area (Å²) in [6, 6.07) is 14.9. The fourth-order valence-corrected chi connectivity index (χ4v) is 4.12. The SMILES string of the molecule is CCCCc1ccc(NC(=O)CCCN(c2ccccc2OCC)S(C)(=O)=O)cc1. The summed E-state index contributed by atoms with van der Waals surface area (Å²) < 4.78 is 31.5. The van der Waals surface area contributed by atoms with Crippen molar-refractivity contribution >= 4 is 27.3 Å². The molecule has 0 bridgehead atoms. The minimum Gasteiger partial charge on any atom is -0.492 e. The summed E-state index contributed by atoms with van der Waals surface area (Å²) in [6.07, 6.45) is 5.12. The van der Waals surface area contributed by atoms with Crippen LogP contribution in [0.1, 0.15) is 45.1 Å². The summed E-state index contributed by atoms with van der Waals surface area (Å²) >= 11 is 0. The lowest BCUT2D eigenvalue weighted by Gasteiger charge is -2.24. The zero-order valence-electron chi connectivity index (χ0n) is 18.1. The molecule has 0 saturated heterocycles. The number of nitrogens with one attached hydrogen (secondary N) is 1. The second kappa shape index (κ2) is 11.6. The molecule has 0 aliphatic heterocycles. The Bertz CT molecular complexity index is 911. The Kier molecular flexibility index (Phi) is 9.17. The lowest BCUT2D eigenvalue weighted by atomic mass is 10.1. The van der Waals surface area contributed by atoms with Crippen molar-refractivity contribution in [2.24, 2.45) is 0 Å². The topological polar surface area (TPSA) is 75.7 Å². The van der Waals surface area contributed by atoms with Crippen LogP contribution in [-0.4, -0.2) is 33.7 Å². The number of para-hydroxylation sites is 2. The van der Waals surface area contributed by atoms with Gasteiger partial charge in [0.2, 0.25) is 15.9 Å². The van der Waals surface area contributed by atoms with Crippen LogP contribution in [0, 0.1) is 0 Å². The van der Waals surface area contributed by atoms with E-state index in [1.54, 1.807) is 24.3 Å². The predicted octanol–water partition coefficient (Wildman–Crippen LogP) is 4.61. The predicted molar refractivity (Wildman–Crippen MR) is 123 cm³/mol. The summed E-state index contributed by atoms with van der Waals surface area (Å²) in [5.41, 5.74) is 2.50. The van der Waals surface area contributed by atoms with Crippen LogP contribution >= 0.6 is 0 Å². The third kappa shape index (κ3) is 7.37. The highest BCUT2D eigenvalue weighted by molar-refractivity contribution is 7.92. The minimum atomic E-state index is -3.51. The van der Waals surface area contributed by atoms with Gasteiger partial charge in [0.1, 0.15) is 5.75 Å². The molecule has 7 heteroatoms. The average molecular weight is 433 g/mol. The lowest BCUT2D eigenvalue weighted by molar-refractivity contribution is -0.116. The van der Waals surface area contributed by atoms with Gasteiger partial charge in [0.15, 0.2) is 0 Å². The van der Waals surface area contributed by atoms with E-state index in [9.17, 15) is 13.2 Å². The van der Waals surface area contributed by atoms with Gasteiger partial charge in [-0.1, -0.05) is 37.6 Å². The second-order valence-corrected chi connectivity index (χ2v) is 9.09. The highest BCUT2D eigenvalue weighted by Crippen LogP contribution is 2.30. The van der Waals surface area contributed by atoms with Crippen LogP contribution in [0.3, 0.4) is 0 Å². The number of hydrogen-bond donors (Lipinski definition) is 1. The van der Waals surface area contributed by atoms with Gasteiger partial charge in [0.25, 0.3) is 0 Å². The molecule has 164 valence electrons. The van der Waals surface area contributed by atoms with Crippen molar-refractivity contribution in [1.82, 2.24) is 0 Å². The van der Waals surface area contributed by atoms with Gasteiger partial charge in [0, 0.05) is 18.7 Å². The van der Waals surface area contributed by atoms with Gasteiger partial charge >= 0.3 is 0 Å². The van der Waals surface area contributed by atoms with E-state index >= 15 is 0 Å². The summed E-state index contributed by atoms with van der Waals surface area (Å²) in [5.74, 6) is 0.376. The molecule has 0 heterocycles. The van der Waals surface area contributed by atoms with Crippen LogP contribution in [0.25, 0.3) is 0 Å². The largest absolute Gasteiger partial charge is 0.492 e. The van der Waals surface area contributed by atoms with E-state index in [2.05, 4.69) is 12.2 Å². The van der Waals surface area contributed by atoms with Gasteiger partial charge in [-0.25, -0.2) is 8.42 Å². The van der Waals surface area contributed by atoms with Crippen molar-refractivity contribution in [3.8, 4) is 5.75 Å². The molecule has 0 fully saturated rings. The van der Waals surface area contributed by atoms with Crippen molar-refractivity contribution in [2.45, 2.75) is 46.0 Å². The van der Waals surface area contributed by atoms with E-state index in [0.29, 0.717) is 24.5 Å². The number of hydrogen-bond acceptors (Lipinski definition) is 4. The molecule has 0 saturated carbocycles. The van der Waals surface area contributed by atoms with E-state index < -0.39 is 10.0 Å². The van der Waals surface area contributed by atoms with Gasteiger partial charge in [-0.05, 0) is 56.0 Å². The van der Waals surface area contributed by atoms with Gasteiger partial charge in [-0.2, -0.15) is 0 Å². The Morgan fingerprint density at radius 2 is 1.73 bits per heavy atom. The Hall–Kier alpha value is -2.54. The van der Waals surface area contributed by atoms with Crippen LogP contribution in [0.4, 0.5) is 11.4 Å². The molecular weight excluding hydrogens is 400 g/mol. The van der Waals surface area contributed by atoms with E-state index in [1.165, 1.54) is 9.87 Å². The molecular formula is C23H32N2O4S. The van der Waals surface area contributed by atoms with E-state index in [0.717, 1.165) is 31.2 Å². The first-order valence-corrected chi connectivity index (χ1v) is 12.3. The minimum absolute atomic E-state index is 0.136. The maximum Gasteiger partial charge on any atom is 0.232 e. The molecule has 0 radical (unpaired) electrons. The highest BCUT2D eigenvalue weighted by atomic mass is 32.2. The summed E-state index contributed by atoms with van der Waals surface area (Å²) in [6.45, 7) is 4.65. The fraction of sp³-hybridized carbons (Fsp3) is 0.435. The quantitative estimate of drug-likeness (QED) is 0.531. The number of sulfonamides is 1. The third-order valence-corrected chi connectivity index (χ3v) is 5.84. The number of ether oxygens (including phenoxy) is 1. The van der Waals surface area contributed by atoms with Crippen molar-refractivity contribution in [2.75, 3.05) is 29.0 Å². The number of rotatable bonds is 12. The van der Waals surface area contributed by atoms with Crippen LogP contribution in [-0.2, 0) is 21.2 Å². The van der Waals surface area contributed by atoms with Gasteiger partial charge < -0.3 is 10.1 Å². The molecule has 0 atom stereocenters. The lowest BCUT2D eigenvalue weighted by Crippen LogP contribution is -2.31. The molecule has 2 aromatic rings. The smallest absolute Gasteiger partial charge is 0.232 e. The first-order chi connectivity index (χ1) is 14.3. The van der Waals surface area contributed by atoms with Crippen molar-refractivity contribution < 1.29 is 17.9 Å². The fourth-order valence-electron chi connectivity index (χ4n) is 3.15. The molecule has 2 rings (SSSR count). The molecule has 1 amide bonds. The monoisotopic (exact) mass is 432 g/mol. The normalized spacial score (nSPS) is 11.2. The second-order valence-electron chi connectivity index (χ2n) is 7.19. The standard InChI is InChI=1S/C23H32N2O4S/c1-4-6-10-19-14-16-20(17-15-19)24-23(26)13-9-18-25(30(3,27)28)21-11-7-8-12-22(21)29-5-2/h7-8,11-12,14-17H,4-6,9-10,13,18H2,1-3H3,(H,24,26). The molecule has 1 N–H and O–H groups in total. The van der Waals surface area contributed by atoms with Gasteiger partial charge in [-0.3, -0.25) is 9.10 Å². The van der Waals surface area contributed by atoms with Crippen LogP contribution in [0.2, 0.25) is 0 Å². The number of carbonyl (C=O) groups is 1. The first-order valence-electron chi connectivity index (χ1n) is 10.4. The van der Waals surface area contributed by atoms with E-state index in [4.69, 9.17) is 4.74 Å². The zero-order valence-corrected chi connectivity index (χ0v) is 18.9. The maximum atomic E-state index is 12.3. The number of unbranched alkanes of at least 4 members (excludes halogenated alkanes) is 1. The summed E-state index contributed by atoms with van der Waals surface area (Å²) in [7, 11) is -3.51. The Morgan fingerprint density at radius 1 is 1.03 bits per heavy atom. The Balaban J connectivity index is 1.95. The highest BCUT2D eigenvalue weighted by Gasteiger charge is 2.21. The molecule has 0 aromatic heterocycles. The number of carbonyl (C=O) groups excluding carboxylic acids is 1. The maximum absolute atomic E-state index is 12.3. The number of aryl methyl sites for hydroxylation is 1. The van der Waals surface area contributed by atoms with Crippen LogP contribution in [0.15, 0.2) is 48.5 Å². The van der Waals surface area contributed by atoms with Crippen molar-refractivity contribution in [3.63, 3.8) is 0 Å². The Morgan fingerprint density at radius 3 is 2.37 bits per heavy atom. The van der Waals surface area contributed by atoms with Gasteiger partial charge in [0.05, 0.1) is 18.6 Å². The van der Waals surface area contributed by atoms with E-state index in [1.807, 2.05) is 31.2 Å². The average Bonchev–Trinajstić information content (AvgIpc) is 2.71. The van der Waals surface area contributed by atoms with Crippen molar-refractivity contribution in [1.29, 1.82) is 0 Å². The number of benzene rings is 2. The van der Waals surface area contributed by atoms with E-state index in [-0.39, 0.29) is 18.9 Å². The summed E-state index contributed by atoms with van der Waals surface area (Å²) in [4.78, 5) is 12.3. The number of amides is 1. The molecule has 0 unspecified atom stereocenters. The molecule has 0 spiro atoms. The number of nitrogens with zero attached hydrogens (tertiary/aromatic N) is 1. The Labute approximate surface area is 180 Å². The molecule has 6 nitrogen and oxygen atoms in total. The molecule has 0 aliphatic rings. The summed E-state index contributed by atoms with van der Waals surface area (Å²) in [5, 5.41) is 2.88. The molecule has 30 heavy (non-hydrogen) atoms. The van der Waals surface area contributed by atoms with Crippen LogP contribution < -0.4 is 14.4 Å². The van der Waals surface area contributed by atoms with Crippen LogP contribution in [0.5, 0.6) is 5.75 Å². The third-order valence-electron chi connectivity index (χ3n) is 4.66. The molecule has 2 aromatic carbocycles. The zero-order chi connectivity index (χ0) is 22.0. The number of anilines is 2. The molecule has 0 aliphatic carbocycles. The first kappa shape index (κ1) is 23.7.